The molecule has 10 heavy (non-hydrogen) atoms. The third-order valence-electron chi connectivity index (χ3n) is 1.14. The van der Waals surface area contributed by atoms with Crippen LogP contribution in [0.4, 0.5) is 0 Å². The maximum Gasteiger partial charge on any atom is 0.193 e. The molecule has 0 amide bonds. The van der Waals surface area contributed by atoms with Gasteiger partial charge in [-0.2, -0.15) is 0 Å². The van der Waals surface area contributed by atoms with E-state index in [0.29, 0.717) is 12.5 Å². The van der Waals surface area contributed by atoms with E-state index >= 15 is 0 Å². The molecule has 0 aromatic rings. The molecule has 0 spiro atoms. The summed E-state index contributed by atoms with van der Waals surface area (Å²) in [6.45, 7) is 8.39. The summed E-state index contributed by atoms with van der Waals surface area (Å²) >= 11 is 0. The van der Waals surface area contributed by atoms with Crippen LogP contribution in [0.25, 0.3) is 0 Å². The Morgan fingerprint density at radius 2 is 1.70 bits per heavy atom. The van der Waals surface area contributed by atoms with E-state index in [4.69, 9.17) is 4.74 Å². The van der Waals surface area contributed by atoms with Crippen molar-refractivity contribution in [2.24, 2.45) is 11.8 Å². The van der Waals surface area contributed by atoms with E-state index in [0.717, 1.165) is 0 Å². The third kappa shape index (κ3) is 4.77. The Hall–Kier alpha value is -0.0800. The lowest BCUT2D eigenvalue weighted by Gasteiger charge is -2.14. The van der Waals surface area contributed by atoms with E-state index in [1.165, 1.54) is 0 Å². The molecule has 0 fully saturated rings. The van der Waals surface area contributed by atoms with Gasteiger partial charge in [-0.1, -0.05) is 27.7 Å². The first-order valence-corrected chi connectivity index (χ1v) is 3.81. The second-order valence-electron chi connectivity index (χ2n) is 3.34. The monoisotopic (exact) mass is 145 g/mol. The van der Waals surface area contributed by atoms with Crippen molar-refractivity contribution in [3.8, 4) is 0 Å². The highest BCUT2D eigenvalue weighted by Crippen LogP contribution is 2.05. The molecule has 2 heteroatoms. The molecule has 0 aliphatic rings. The molecule has 0 aromatic heterocycles. The number of hydrogen-bond donors (Lipinski definition) is 0. The highest BCUT2D eigenvalue weighted by atomic mass is 16.6. The normalized spacial score (nSPS) is 14.7. The summed E-state index contributed by atoms with van der Waals surface area (Å²) in [7, 11) is 0. The molecule has 0 N–H and O–H groups in total. The Morgan fingerprint density at radius 3 is 2.00 bits per heavy atom. The Kier molecular flexibility index (Phi) is 4.65. The van der Waals surface area contributed by atoms with E-state index in [2.05, 4.69) is 0 Å². The van der Waals surface area contributed by atoms with E-state index < -0.39 is 6.29 Å². The van der Waals surface area contributed by atoms with Gasteiger partial charge in [0, 0.05) is 5.92 Å². The largest absolute Gasteiger partial charge is 0.349 e. The maximum atomic E-state index is 10.9. The lowest BCUT2D eigenvalue weighted by molar-refractivity contribution is -0.170. The van der Waals surface area contributed by atoms with E-state index in [1.807, 2.05) is 27.7 Å². The molecule has 0 heterocycles. The fraction of sp³-hybridized carbons (Fsp3) is 1.00. The molecule has 0 rings (SSSR count). The summed E-state index contributed by atoms with van der Waals surface area (Å²) in [4.78, 5) is 0. The predicted molar refractivity (Wildman–Crippen MR) is 40.1 cm³/mol. The molecule has 1 unspecified atom stereocenters. The quantitative estimate of drug-likeness (QED) is 0.557. The number of hydrogen-bond acceptors (Lipinski definition) is 1. The Bertz CT molecular complexity index is 79.3. The smallest absolute Gasteiger partial charge is 0.193 e. The first-order valence-electron chi connectivity index (χ1n) is 3.81. The molecule has 0 aliphatic heterocycles. The minimum Gasteiger partial charge on any atom is -0.349 e. The van der Waals surface area contributed by atoms with Gasteiger partial charge in [-0.25, -0.2) is 5.11 Å². The third-order valence-corrected chi connectivity index (χ3v) is 1.14. The van der Waals surface area contributed by atoms with Crippen molar-refractivity contribution in [3.63, 3.8) is 0 Å². The SMILES string of the molecule is CC(C)COC([O])C(C)C. The van der Waals surface area contributed by atoms with Crippen LogP contribution in [0.15, 0.2) is 0 Å². The fourth-order valence-corrected chi connectivity index (χ4v) is 0.480. The second kappa shape index (κ2) is 4.69. The van der Waals surface area contributed by atoms with Gasteiger partial charge in [-0.15, -0.1) is 0 Å². The predicted octanol–water partition coefficient (Wildman–Crippen LogP) is 2.07. The molecular formula is C8H17O2. The zero-order valence-corrected chi connectivity index (χ0v) is 7.26. The average Bonchev–Trinajstić information content (AvgIpc) is 1.82. The van der Waals surface area contributed by atoms with Crippen molar-refractivity contribution < 1.29 is 9.84 Å². The molecule has 0 saturated heterocycles. The van der Waals surface area contributed by atoms with E-state index in [-0.39, 0.29) is 5.92 Å². The van der Waals surface area contributed by atoms with E-state index in [9.17, 15) is 5.11 Å². The van der Waals surface area contributed by atoms with Crippen LogP contribution in [0, 0.1) is 11.8 Å². The van der Waals surface area contributed by atoms with Crippen molar-refractivity contribution in [1.29, 1.82) is 0 Å². The van der Waals surface area contributed by atoms with Crippen molar-refractivity contribution in [2.45, 2.75) is 34.0 Å². The molecule has 0 saturated carbocycles. The van der Waals surface area contributed by atoms with Crippen LogP contribution in [-0.2, 0) is 9.84 Å². The van der Waals surface area contributed by atoms with Crippen molar-refractivity contribution in [1.82, 2.24) is 0 Å². The van der Waals surface area contributed by atoms with Crippen LogP contribution in [0.1, 0.15) is 27.7 Å². The molecule has 61 valence electrons. The zero-order chi connectivity index (χ0) is 8.15. The van der Waals surface area contributed by atoms with E-state index in [1.54, 1.807) is 0 Å². The van der Waals surface area contributed by atoms with Crippen LogP contribution in [0.2, 0.25) is 0 Å². The summed E-state index contributed by atoms with van der Waals surface area (Å²) in [5.74, 6) is 0.536. The summed E-state index contributed by atoms with van der Waals surface area (Å²) < 4.78 is 5.01. The minimum atomic E-state index is -0.845. The van der Waals surface area contributed by atoms with Gasteiger partial charge in [0.25, 0.3) is 0 Å². The van der Waals surface area contributed by atoms with Gasteiger partial charge in [0.15, 0.2) is 6.29 Å². The lowest BCUT2D eigenvalue weighted by atomic mass is 10.2. The Morgan fingerprint density at radius 1 is 1.20 bits per heavy atom. The minimum absolute atomic E-state index is 0.0822. The average molecular weight is 145 g/mol. The van der Waals surface area contributed by atoms with Gasteiger partial charge in [-0.05, 0) is 5.92 Å². The van der Waals surface area contributed by atoms with Gasteiger partial charge in [-0.3, -0.25) is 0 Å². The second-order valence-corrected chi connectivity index (χ2v) is 3.34. The Balaban J connectivity index is 3.30. The topological polar surface area (TPSA) is 29.1 Å². The fourth-order valence-electron chi connectivity index (χ4n) is 0.480. The molecule has 1 radical (unpaired) electrons. The highest BCUT2D eigenvalue weighted by molar-refractivity contribution is 4.48. The first-order chi connectivity index (χ1) is 4.54. The number of rotatable bonds is 4. The molecule has 0 bridgehead atoms. The van der Waals surface area contributed by atoms with Crippen LogP contribution in [-0.4, -0.2) is 12.9 Å². The maximum absolute atomic E-state index is 10.9. The Labute approximate surface area is 63.2 Å². The molecule has 1 atom stereocenters. The highest BCUT2D eigenvalue weighted by Gasteiger charge is 2.11. The van der Waals surface area contributed by atoms with Gasteiger partial charge in [0.1, 0.15) is 0 Å². The zero-order valence-electron chi connectivity index (χ0n) is 7.26. The molecule has 0 aromatic carbocycles. The van der Waals surface area contributed by atoms with Gasteiger partial charge < -0.3 is 4.74 Å². The van der Waals surface area contributed by atoms with Gasteiger partial charge in [0.2, 0.25) is 0 Å². The van der Waals surface area contributed by atoms with Crippen LogP contribution >= 0.6 is 0 Å². The standard InChI is InChI=1S/C8H17O2/c1-6(2)5-10-8(9)7(3)4/h6-8H,5H2,1-4H3. The van der Waals surface area contributed by atoms with Crippen molar-refractivity contribution in [2.75, 3.05) is 6.61 Å². The summed E-state index contributed by atoms with van der Waals surface area (Å²) in [5, 5.41) is 10.9. The van der Waals surface area contributed by atoms with Crippen LogP contribution in [0.5, 0.6) is 0 Å². The first kappa shape index (κ1) is 9.92. The van der Waals surface area contributed by atoms with Crippen molar-refractivity contribution >= 4 is 0 Å². The summed E-state index contributed by atoms with van der Waals surface area (Å²) in [5.41, 5.74) is 0. The number of ether oxygens (including phenoxy) is 1. The molecule has 2 nitrogen and oxygen atoms in total. The molecular weight excluding hydrogens is 128 g/mol. The van der Waals surface area contributed by atoms with Gasteiger partial charge in [0.05, 0.1) is 6.61 Å². The summed E-state index contributed by atoms with van der Waals surface area (Å²) in [6.07, 6.45) is -0.845. The van der Waals surface area contributed by atoms with Crippen molar-refractivity contribution in [3.05, 3.63) is 0 Å². The van der Waals surface area contributed by atoms with Crippen LogP contribution < -0.4 is 0 Å². The lowest BCUT2D eigenvalue weighted by Crippen LogP contribution is -2.19. The molecule has 0 aliphatic carbocycles. The van der Waals surface area contributed by atoms with Crippen LogP contribution in [0.3, 0.4) is 0 Å². The van der Waals surface area contributed by atoms with Gasteiger partial charge >= 0.3 is 0 Å². The summed E-state index contributed by atoms with van der Waals surface area (Å²) in [6, 6.07) is 0.